The highest BCUT2D eigenvalue weighted by atomic mass is 15.2. The van der Waals surface area contributed by atoms with Crippen molar-refractivity contribution in [2.24, 2.45) is 11.5 Å². The summed E-state index contributed by atoms with van der Waals surface area (Å²) in [5, 5.41) is 0. The number of unbranched alkanes of at least 4 members (excludes halogenated alkanes) is 1. The predicted molar refractivity (Wildman–Crippen MR) is 53.5 cm³/mol. The van der Waals surface area contributed by atoms with Crippen LogP contribution in [-0.4, -0.2) is 24.7 Å². The van der Waals surface area contributed by atoms with Crippen LogP contribution in [0.5, 0.6) is 0 Å². The smallest absolute Gasteiger partial charge is 0.0761 e. The number of allylic oxidation sites excluding steroid dienone is 1. The van der Waals surface area contributed by atoms with E-state index in [-0.39, 0.29) is 6.17 Å². The van der Waals surface area contributed by atoms with E-state index in [1.54, 1.807) is 0 Å². The number of hydrogen-bond acceptors (Lipinski definition) is 3. The zero-order valence-electron chi connectivity index (χ0n) is 8.16. The summed E-state index contributed by atoms with van der Waals surface area (Å²) in [6, 6.07) is 0. The minimum Gasteiger partial charge on any atom is -0.366 e. The van der Waals surface area contributed by atoms with Crippen molar-refractivity contribution < 1.29 is 0 Å². The van der Waals surface area contributed by atoms with E-state index in [2.05, 4.69) is 0 Å². The molecule has 0 fully saturated rings. The molecule has 3 nitrogen and oxygen atoms in total. The lowest BCUT2D eigenvalue weighted by molar-refractivity contribution is 0.312. The number of nitrogens with two attached hydrogens (primary N) is 2. The van der Waals surface area contributed by atoms with Gasteiger partial charge in [0.1, 0.15) is 0 Å². The van der Waals surface area contributed by atoms with E-state index in [0.717, 1.165) is 25.8 Å². The summed E-state index contributed by atoms with van der Waals surface area (Å²) in [5.41, 5.74) is 11.3. The maximum absolute atomic E-state index is 5.88. The molecule has 0 spiro atoms. The number of nitrogens with zero attached hydrogens (tertiary/aromatic N) is 1. The van der Waals surface area contributed by atoms with Crippen molar-refractivity contribution >= 4 is 0 Å². The highest BCUT2D eigenvalue weighted by Gasteiger charge is 2.03. The van der Waals surface area contributed by atoms with Gasteiger partial charge in [0.25, 0.3) is 0 Å². The average Bonchev–Trinajstić information content (AvgIpc) is 2.05. The van der Waals surface area contributed by atoms with Crippen molar-refractivity contribution in [3.63, 3.8) is 0 Å². The van der Waals surface area contributed by atoms with Gasteiger partial charge in [-0.25, -0.2) is 0 Å². The van der Waals surface area contributed by atoms with Crippen LogP contribution in [0.15, 0.2) is 12.3 Å². The molecule has 0 aromatic carbocycles. The third-order valence-electron chi connectivity index (χ3n) is 1.86. The predicted octanol–water partition coefficient (Wildman–Crippen LogP) is 0.866. The fourth-order valence-electron chi connectivity index (χ4n) is 1.05. The summed E-state index contributed by atoms with van der Waals surface area (Å²) in [6.45, 7) is 2.75. The third-order valence-corrected chi connectivity index (χ3v) is 1.86. The summed E-state index contributed by atoms with van der Waals surface area (Å²) >= 11 is 0. The van der Waals surface area contributed by atoms with Crippen molar-refractivity contribution in [2.75, 3.05) is 13.6 Å². The molecule has 0 heterocycles. The molecule has 0 aliphatic rings. The normalized spacial score (nSPS) is 13.7. The standard InChI is InChI=1S/C9H21N3/c1-3-8-12(2)9(11)6-4-5-7-10/h3,8-9H,4-7,10-11H2,1-2H3/b8-3-. The van der Waals surface area contributed by atoms with Crippen molar-refractivity contribution in [2.45, 2.75) is 32.4 Å². The Kier molecular flexibility index (Phi) is 6.81. The van der Waals surface area contributed by atoms with Crippen LogP contribution in [0.25, 0.3) is 0 Å². The Balaban J connectivity index is 3.49. The first-order valence-corrected chi connectivity index (χ1v) is 4.52. The molecule has 72 valence electrons. The molecule has 0 bridgehead atoms. The topological polar surface area (TPSA) is 55.3 Å². The molecule has 0 radical (unpaired) electrons. The van der Waals surface area contributed by atoms with E-state index < -0.39 is 0 Å². The summed E-state index contributed by atoms with van der Waals surface area (Å²) < 4.78 is 0. The van der Waals surface area contributed by atoms with Crippen LogP contribution in [0.1, 0.15) is 26.2 Å². The van der Waals surface area contributed by atoms with Gasteiger partial charge in [-0.3, -0.25) is 0 Å². The lowest BCUT2D eigenvalue weighted by Gasteiger charge is -2.22. The molecule has 4 N–H and O–H groups in total. The quantitative estimate of drug-likeness (QED) is 0.460. The van der Waals surface area contributed by atoms with Crippen molar-refractivity contribution in [3.8, 4) is 0 Å². The average molecular weight is 171 g/mol. The van der Waals surface area contributed by atoms with Gasteiger partial charge < -0.3 is 16.4 Å². The fraction of sp³-hybridized carbons (Fsp3) is 0.778. The maximum Gasteiger partial charge on any atom is 0.0761 e. The minimum absolute atomic E-state index is 0.132. The van der Waals surface area contributed by atoms with Crippen LogP contribution >= 0.6 is 0 Å². The molecule has 12 heavy (non-hydrogen) atoms. The molecule has 0 amide bonds. The minimum atomic E-state index is 0.132. The highest BCUT2D eigenvalue weighted by Crippen LogP contribution is 2.01. The van der Waals surface area contributed by atoms with Crippen LogP contribution in [0.4, 0.5) is 0 Å². The lowest BCUT2D eigenvalue weighted by Crippen LogP contribution is -2.35. The lowest BCUT2D eigenvalue weighted by atomic mass is 10.2. The Morgan fingerprint density at radius 3 is 2.58 bits per heavy atom. The third kappa shape index (κ3) is 5.16. The summed E-state index contributed by atoms with van der Waals surface area (Å²) in [7, 11) is 1.99. The van der Waals surface area contributed by atoms with Crippen LogP contribution in [0, 0.1) is 0 Å². The first-order chi connectivity index (χ1) is 5.72. The van der Waals surface area contributed by atoms with Gasteiger partial charge in [0, 0.05) is 7.05 Å². The van der Waals surface area contributed by atoms with E-state index in [4.69, 9.17) is 11.5 Å². The van der Waals surface area contributed by atoms with Crippen molar-refractivity contribution in [1.82, 2.24) is 4.90 Å². The number of hydrogen-bond donors (Lipinski definition) is 2. The zero-order valence-corrected chi connectivity index (χ0v) is 8.16. The largest absolute Gasteiger partial charge is 0.366 e. The molecule has 0 aliphatic heterocycles. The summed E-state index contributed by atoms with van der Waals surface area (Å²) in [5.74, 6) is 0. The van der Waals surface area contributed by atoms with Gasteiger partial charge in [0.15, 0.2) is 0 Å². The maximum atomic E-state index is 5.88. The second-order valence-corrected chi connectivity index (χ2v) is 3.00. The SMILES string of the molecule is C/C=C\N(C)C(N)CCCCN. The Morgan fingerprint density at radius 2 is 2.08 bits per heavy atom. The van der Waals surface area contributed by atoms with E-state index in [1.165, 1.54) is 0 Å². The number of rotatable bonds is 6. The Hall–Kier alpha value is -0.540. The fourth-order valence-corrected chi connectivity index (χ4v) is 1.05. The molecule has 1 atom stereocenters. The Labute approximate surface area is 75.4 Å². The van der Waals surface area contributed by atoms with E-state index in [1.807, 2.05) is 31.1 Å². The van der Waals surface area contributed by atoms with Crippen molar-refractivity contribution in [1.29, 1.82) is 0 Å². The second kappa shape index (κ2) is 7.13. The first-order valence-electron chi connectivity index (χ1n) is 4.52. The van der Waals surface area contributed by atoms with Gasteiger partial charge in [-0.05, 0) is 38.9 Å². The monoisotopic (exact) mass is 171 g/mol. The van der Waals surface area contributed by atoms with Crippen LogP contribution in [0.2, 0.25) is 0 Å². The molecule has 1 unspecified atom stereocenters. The molecule has 0 aromatic heterocycles. The van der Waals surface area contributed by atoms with Gasteiger partial charge in [-0.1, -0.05) is 6.08 Å². The van der Waals surface area contributed by atoms with E-state index in [0.29, 0.717) is 0 Å². The molecule has 0 saturated heterocycles. The molecular formula is C9H21N3. The molecule has 0 aliphatic carbocycles. The van der Waals surface area contributed by atoms with Crippen LogP contribution in [-0.2, 0) is 0 Å². The Morgan fingerprint density at radius 1 is 1.42 bits per heavy atom. The van der Waals surface area contributed by atoms with Crippen LogP contribution in [0.3, 0.4) is 0 Å². The molecular weight excluding hydrogens is 150 g/mol. The van der Waals surface area contributed by atoms with Crippen LogP contribution < -0.4 is 11.5 Å². The molecule has 3 heteroatoms. The van der Waals surface area contributed by atoms with Gasteiger partial charge >= 0.3 is 0 Å². The van der Waals surface area contributed by atoms with E-state index in [9.17, 15) is 0 Å². The van der Waals surface area contributed by atoms with Gasteiger partial charge in [0.05, 0.1) is 6.17 Å². The Bertz CT molecular complexity index is 123. The van der Waals surface area contributed by atoms with Gasteiger partial charge in [-0.2, -0.15) is 0 Å². The first kappa shape index (κ1) is 11.5. The van der Waals surface area contributed by atoms with Crippen molar-refractivity contribution in [3.05, 3.63) is 12.3 Å². The van der Waals surface area contributed by atoms with Gasteiger partial charge in [0.2, 0.25) is 0 Å². The second-order valence-electron chi connectivity index (χ2n) is 3.00. The molecule has 0 saturated carbocycles. The van der Waals surface area contributed by atoms with Gasteiger partial charge in [-0.15, -0.1) is 0 Å². The zero-order chi connectivity index (χ0) is 9.40. The molecule has 0 aromatic rings. The van der Waals surface area contributed by atoms with E-state index >= 15 is 0 Å². The highest BCUT2D eigenvalue weighted by molar-refractivity contribution is 4.79. The summed E-state index contributed by atoms with van der Waals surface area (Å²) in [4.78, 5) is 2.02. The molecule has 0 rings (SSSR count). The summed E-state index contributed by atoms with van der Waals surface area (Å²) in [6.07, 6.45) is 7.30.